The SMILES string of the molecule is Cc1nn(C)c(C)c1S(=O)(=O)N(C)[C@]1(CO)CC[C@@H](C)C1. The summed E-state index contributed by atoms with van der Waals surface area (Å²) in [5, 5.41) is 14.0. The first-order valence-electron chi connectivity index (χ1n) is 7.26. The molecule has 0 radical (unpaired) electrons. The quantitative estimate of drug-likeness (QED) is 0.906. The van der Waals surface area contributed by atoms with Crippen molar-refractivity contribution in [2.24, 2.45) is 13.0 Å². The number of aromatic nitrogens is 2. The number of aliphatic hydroxyl groups excluding tert-OH is 1. The number of nitrogens with zero attached hydrogens (tertiary/aromatic N) is 3. The molecule has 1 fully saturated rings. The van der Waals surface area contributed by atoms with E-state index >= 15 is 0 Å². The Morgan fingerprint density at radius 1 is 1.48 bits per heavy atom. The molecule has 0 aliphatic heterocycles. The number of likely N-dealkylation sites (N-methyl/N-ethyl adjacent to an activating group) is 1. The average molecular weight is 315 g/mol. The number of hydrogen-bond donors (Lipinski definition) is 1. The lowest BCUT2D eigenvalue weighted by Crippen LogP contribution is -2.50. The molecule has 2 rings (SSSR count). The van der Waals surface area contributed by atoms with Gasteiger partial charge in [0.1, 0.15) is 4.90 Å². The molecule has 1 heterocycles. The highest BCUT2D eigenvalue weighted by atomic mass is 32.2. The van der Waals surface area contributed by atoms with Crippen molar-refractivity contribution in [2.75, 3.05) is 13.7 Å². The third-order valence-corrected chi connectivity index (χ3v) is 7.07. The highest BCUT2D eigenvalue weighted by Crippen LogP contribution is 2.41. The molecule has 120 valence electrons. The van der Waals surface area contributed by atoms with Crippen LogP contribution >= 0.6 is 0 Å². The fraction of sp³-hybridized carbons (Fsp3) is 0.786. The van der Waals surface area contributed by atoms with Crippen LogP contribution in [0.2, 0.25) is 0 Å². The molecule has 1 aliphatic carbocycles. The van der Waals surface area contributed by atoms with Crippen molar-refractivity contribution in [1.29, 1.82) is 0 Å². The van der Waals surface area contributed by atoms with Gasteiger partial charge in [-0.3, -0.25) is 4.68 Å². The zero-order chi connectivity index (χ0) is 16.0. The highest BCUT2D eigenvalue weighted by molar-refractivity contribution is 7.89. The van der Waals surface area contributed by atoms with E-state index in [1.807, 2.05) is 0 Å². The first-order chi connectivity index (χ1) is 9.65. The molecular formula is C14H25N3O3S. The Labute approximate surface area is 126 Å². The molecule has 0 spiro atoms. The van der Waals surface area contributed by atoms with E-state index in [0.29, 0.717) is 30.1 Å². The molecule has 0 amide bonds. The standard InChI is InChI=1S/C14H25N3O3S/c1-10-6-7-14(8-10,9-18)17(5)21(19,20)13-11(2)15-16(4)12(13)3/h10,18H,6-9H2,1-5H3/t10-,14-/m1/s1. The van der Waals surface area contributed by atoms with Gasteiger partial charge >= 0.3 is 0 Å². The van der Waals surface area contributed by atoms with E-state index in [4.69, 9.17) is 0 Å². The van der Waals surface area contributed by atoms with E-state index in [9.17, 15) is 13.5 Å². The Hall–Kier alpha value is -0.920. The monoisotopic (exact) mass is 315 g/mol. The van der Waals surface area contributed by atoms with Crippen LogP contribution in [0.1, 0.15) is 37.6 Å². The van der Waals surface area contributed by atoms with E-state index < -0.39 is 15.6 Å². The van der Waals surface area contributed by atoms with Gasteiger partial charge in [0.15, 0.2) is 0 Å². The summed E-state index contributed by atoms with van der Waals surface area (Å²) < 4.78 is 29.0. The van der Waals surface area contributed by atoms with Crippen LogP contribution in [0.3, 0.4) is 0 Å². The molecule has 1 aliphatic rings. The summed E-state index contributed by atoms with van der Waals surface area (Å²) in [4.78, 5) is 0.264. The van der Waals surface area contributed by atoms with Crippen molar-refractivity contribution in [1.82, 2.24) is 14.1 Å². The Bertz CT molecular complexity index is 638. The molecule has 0 saturated heterocycles. The number of rotatable bonds is 4. The molecule has 0 aromatic carbocycles. The van der Waals surface area contributed by atoms with Gasteiger partial charge in [0.2, 0.25) is 10.0 Å². The van der Waals surface area contributed by atoms with Gasteiger partial charge in [0, 0.05) is 14.1 Å². The third kappa shape index (κ3) is 2.51. The minimum atomic E-state index is -3.67. The number of aryl methyl sites for hydroxylation is 2. The molecule has 1 saturated carbocycles. The topological polar surface area (TPSA) is 75.4 Å². The van der Waals surface area contributed by atoms with Crippen LogP contribution in [0.4, 0.5) is 0 Å². The van der Waals surface area contributed by atoms with Gasteiger partial charge in [-0.05, 0) is 39.0 Å². The van der Waals surface area contributed by atoms with Crippen LogP contribution in [-0.2, 0) is 17.1 Å². The van der Waals surface area contributed by atoms with Crippen molar-refractivity contribution < 1.29 is 13.5 Å². The Morgan fingerprint density at radius 2 is 2.10 bits per heavy atom. The smallest absolute Gasteiger partial charge is 0.247 e. The highest BCUT2D eigenvalue weighted by Gasteiger charge is 2.46. The fourth-order valence-electron chi connectivity index (χ4n) is 3.42. The normalized spacial score (nSPS) is 26.7. The lowest BCUT2D eigenvalue weighted by Gasteiger charge is -2.36. The van der Waals surface area contributed by atoms with Crippen LogP contribution in [-0.4, -0.2) is 46.8 Å². The minimum absolute atomic E-state index is 0.147. The van der Waals surface area contributed by atoms with Crippen LogP contribution < -0.4 is 0 Å². The van der Waals surface area contributed by atoms with Gasteiger partial charge in [0.25, 0.3) is 0 Å². The first kappa shape index (κ1) is 16.5. The minimum Gasteiger partial charge on any atom is -0.394 e. The number of sulfonamides is 1. The maximum atomic E-state index is 13.0. The summed E-state index contributed by atoms with van der Waals surface area (Å²) in [5.74, 6) is 0.422. The lowest BCUT2D eigenvalue weighted by molar-refractivity contribution is 0.108. The Morgan fingerprint density at radius 3 is 2.48 bits per heavy atom. The third-order valence-electron chi connectivity index (χ3n) is 4.85. The first-order valence-corrected chi connectivity index (χ1v) is 8.70. The maximum absolute atomic E-state index is 13.0. The van der Waals surface area contributed by atoms with E-state index in [1.165, 1.54) is 4.31 Å². The van der Waals surface area contributed by atoms with Crippen LogP contribution in [0.25, 0.3) is 0 Å². The van der Waals surface area contributed by atoms with Crippen LogP contribution in [0.15, 0.2) is 4.90 Å². The molecular weight excluding hydrogens is 290 g/mol. The lowest BCUT2D eigenvalue weighted by atomic mass is 9.98. The largest absolute Gasteiger partial charge is 0.394 e. The molecule has 0 unspecified atom stereocenters. The van der Waals surface area contributed by atoms with Gasteiger partial charge in [-0.2, -0.15) is 9.40 Å². The van der Waals surface area contributed by atoms with Crippen LogP contribution in [0, 0.1) is 19.8 Å². The Balaban J connectivity index is 2.48. The summed E-state index contributed by atoms with van der Waals surface area (Å²) in [7, 11) is -0.351. The second-order valence-corrected chi connectivity index (χ2v) is 8.23. The zero-order valence-electron chi connectivity index (χ0n) is 13.4. The molecule has 1 N–H and O–H groups in total. The summed E-state index contributed by atoms with van der Waals surface area (Å²) in [6.07, 6.45) is 2.32. The van der Waals surface area contributed by atoms with Gasteiger partial charge < -0.3 is 5.11 Å². The summed E-state index contributed by atoms with van der Waals surface area (Å²) in [5.41, 5.74) is 0.437. The number of aliphatic hydroxyl groups is 1. The molecule has 1 aromatic heterocycles. The van der Waals surface area contributed by atoms with Gasteiger partial charge in [-0.25, -0.2) is 8.42 Å². The maximum Gasteiger partial charge on any atom is 0.247 e. The van der Waals surface area contributed by atoms with E-state index in [2.05, 4.69) is 12.0 Å². The predicted molar refractivity (Wildman–Crippen MR) is 80.5 cm³/mol. The molecule has 7 heteroatoms. The summed E-state index contributed by atoms with van der Waals surface area (Å²) >= 11 is 0. The van der Waals surface area contributed by atoms with Gasteiger partial charge in [-0.15, -0.1) is 0 Å². The van der Waals surface area contributed by atoms with Gasteiger partial charge in [-0.1, -0.05) is 6.92 Å². The van der Waals surface area contributed by atoms with Crippen molar-refractivity contribution >= 4 is 10.0 Å². The average Bonchev–Trinajstić information content (AvgIpc) is 2.91. The van der Waals surface area contributed by atoms with Crippen LogP contribution in [0.5, 0.6) is 0 Å². The predicted octanol–water partition coefficient (Wildman–Crippen LogP) is 1.21. The van der Waals surface area contributed by atoms with Crippen molar-refractivity contribution in [3.05, 3.63) is 11.4 Å². The zero-order valence-corrected chi connectivity index (χ0v) is 14.2. The summed E-state index contributed by atoms with van der Waals surface area (Å²) in [6.45, 7) is 5.41. The van der Waals surface area contributed by atoms with Crippen molar-refractivity contribution in [3.8, 4) is 0 Å². The fourth-order valence-corrected chi connectivity index (χ4v) is 5.34. The summed E-state index contributed by atoms with van der Waals surface area (Å²) in [6, 6.07) is 0. The molecule has 21 heavy (non-hydrogen) atoms. The second kappa shape index (κ2) is 5.37. The van der Waals surface area contributed by atoms with Gasteiger partial charge in [0.05, 0.1) is 23.5 Å². The van der Waals surface area contributed by atoms with Crippen molar-refractivity contribution in [3.63, 3.8) is 0 Å². The van der Waals surface area contributed by atoms with E-state index in [0.717, 1.165) is 6.42 Å². The van der Waals surface area contributed by atoms with Crippen molar-refractivity contribution in [2.45, 2.75) is 50.5 Å². The molecule has 0 bridgehead atoms. The molecule has 6 nitrogen and oxygen atoms in total. The second-order valence-electron chi connectivity index (χ2n) is 6.33. The van der Waals surface area contributed by atoms with E-state index in [-0.39, 0.29) is 11.5 Å². The Kier molecular flexibility index (Phi) is 4.21. The molecule has 2 atom stereocenters. The number of hydrogen-bond acceptors (Lipinski definition) is 4. The molecule has 1 aromatic rings. The van der Waals surface area contributed by atoms with E-state index in [1.54, 1.807) is 32.6 Å².